The van der Waals surface area contributed by atoms with Gasteiger partial charge in [-0.3, -0.25) is 9.59 Å². The lowest BCUT2D eigenvalue weighted by molar-refractivity contribution is -0.167. The number of aryl methyl sites for hydroxylation is 1. The van der Waals surface area contributed by atoms with Gasteiger partial charge in [-0.25, -0.2) is 19.2 Å². The maximum Gasteiger partial charge on any atom is 0.339 e. The zero-order chi connectivity index (χ0) is 48.4. The molecule has 0 saturated heterocycles. The van der Waals surface area contributed by atoms with Crippen LogP contribution in [0.2, 0.25) is 0 Å². The van der Waals surface area contributed by atoms with Crippen molar-refractivity contribution in [3.63, 3.8) is 0 Å². The molecule has 68 heavy (non-hydrogen) atoms. The van der Waals surface area contributed by atoms with E-state index in [4.69, 9.17) is 28.4 Å². The molecule has 5 aromatic rings. The predicted molar refractivity (Wildman–Crippen MR) is 247 cm³/mol. The minimum atomic E-state index is -1.30. The molecule has 4 atom stereocenters. The number of carboxylic acid groups (broad SMARTS) is 2. The molecule has 7 rings (SSSR count). The van der Waals surface area contributed by atoms with Gasteiger partial charge < -0.3 is 38.6 Å². The summed E-state index contributed by atoms with van der Waals surface area (Å²) in [6.45, 7) is 7.32. The molecule has 0 spiro atoms. The van der Waals surface area contributed by atoms with Crippen LogP contribution in [0.5, 0.6) is 11.5 Å². The van der Waals surface area contributed by atoms with Gasteiger partial charge in [0.05, 0.1) is 28.4 Å². The lowest BCUT2D eigenvalue weighted by atomic mass is 9.68. The fraction of sp³-hybridized carbons (Fsp3) is 0.222. The van der Waals surface area contributed by atoms with E-state index in [1.807, 2.05) is 48.5 Å². The molecule has 2 N–H and O–H groups in total. The summed E-state index contributed by atoms with van der Waals surface area (Å²) in [5, 5.41) is 19.5. The number of rotatable bonds is 20. The van der Waals surface area contributed by atoms with Crippen LogP contribution < -0.4 is 9.47 Å². The summed E-state index contributed by atoms with van der Waals surface area (Å²) in [4.78, 5) is 74.4. The molecule has 0 fully saturated rings. The van der Waals surface area contributed by atoms with Gasteiger partial charge in [-0.15, -0.1) is 0 Å². The molecule has 0 amide bonds. The van der Waals surface area contributed by atoms with Gasteiger partial charge >= 0.3 is 35.8 Å². The zero-order valence-electron chi connectivity index (χ0n) is 37.0. The van der Waals surface area contributed by atoms with E-state index in [1.165, 1.54) is 12.1 Å². The Kier molecular flexibility index (Phi) is 15.0. The number of hydrogen-bond donors (Lipinski definition) is 2. The molecule has 14 nitrogen and oxygen atoms in total. The lowest BCUT2D eigenvalue weighted by Crippen LogP contribution is -2.37. The molecule has 14 heteroatoms. The number of ether oxygens (including phenoxy) is 6. The Labute approximate surface area is 392 Å². The van der Waals surface area contributed by atoms with Gasteiger partial charge in [0.1, 0.15) is 37.9 Å². The molecule has 5 aromatic carbocycles. The maximum absolute atomic E-state index is 13.3. The fourth-order valence-corrected chi connectivity index (χ4v) is 8.53. The Morgan fingerprint density at radius 3 is 1.59 bits per heavy atom. The first kappa shape index (κ1) is 47.7. The number of carboxylic acids is 2. The molecule has 348 valence electrons. The molecule has 0 radical (unpaired) electrons. The Hall–Kier alpha value is -8.26. The van der Waals surface area contributed by atoms with Crippen LogP contribution in [0.15, 0.2) is 153 Å². The number of carbonyl (C=O) groups is 6. The van der Waals surface area contributed by atoms with Crippen molar-refractivity contribution in [2.75, 3.05) is 26.4 Å². The molecule has 0 aliphatic heterocycles. The van der Waals surface area contributed by atoms with Crippen molar-refractivity contribution >= 4 is 35.8 Å². The predicted octanol–water partition coefficient (Wildman–Crippen LogP) is 8.08. The summed E-state index contributed by atoms with van der Waals surface area (Å²) in [5.74, 6) is -6.60. The lowest BCUT2D eigenvalue weighted by Gasteiger charge is -2.34. The first-order valence-corrected chi connectivity index (χ1v) is 21.7. The van der Waals surface area contributed by atoms with Gasteiger partial charge in [-0.2, -0.15) is 0 Å². The van der Waals surface area contributed by atoms with E-state index < -0.39 is 65.3 Å². The number of aromatic carboxylic acids is 1. The van der Waals surface area contributed by atoms with Crippen molar-refractivity contribution in [2.24, 2.45) is 11.8 Å². The number of hydrogen-bond acceptors (Lipinski definition) is 12. The summed E-state index contributed by atoms with van der Waals surface area (Å²) in [7, 11) is 0. The topological polar surface area (TPSA) is 198 Å². The molecule has 0 aromatic heterocycles. The van der Waals surface area contributed by atoms with Crippen LogP contribution in [0.3, 0.4) is 0 Å². The van der Waals surface area contributed by atoms with Crippen LogP contribution in [0.25, 0.3) is 11.1 Å². The molecular weight excluding hydrogens is 873 g/mol. The average molecular weight is 921 g/mol. The van der Waals surface area contributed by atoms with Crippen LogP contribution in [-0.2, 0) is 43.5 Å². The van der Waals surface area contributed by atoms with Gasteiger partial charge in [-0.1, -0.05) is 110 Å². The zero-order valence-corrected chi connectivity index (χ0v) is 37.0. The largest absolute Gasteiger partial charge is 0.490 e. The molecule has 0 heterocycles. The summed E-state index contributed by atoms with van der Waals surface area (Å²) in [6.07, 6.45) is 3.61. The molecule has 2 aliphatic carbocycles. The first-order valence-electron chi connectivity index (χ1n) is 21.7. The third kappa shape index (κ3) is 10.4. The van der Waals surface area contributed by atoms with Crippen molar-refractivity contribution in [3.8, 4) is 22.6 Å². The smallest absolute Gasteiger partial charge is 0.339 e. The first-order chi connectivity index (χ1) is 32.8. The molecular formula is C54H48O14. The van der Waals surface area contributed by atoms with Crippen LogP contribution in [0.1, 0.15) is 61.4 Å². The SMILES string of the molecule is C=CC(=O)OCC(COc1ccc(C2(c3ccc(OCC(COC(=O)C=C)OC(=O)C4CC=CCC4C(=O)O)cc3)c3ccccc3-c3ccccc32)cc1)OC(=O)c1ccc(C)cc1C(=O)O. The van der Waals surface area contributed by atoms with E-state index in [1.54, 1.807) is 49.4 Å². The van der Waals surface area contributed by atoms with Gasteiger partial charge in [0, 0.05) is 12.2 Å². The number of aliphatic carboxylic acids is 1. The van der Waals surface area contributed by atoms with Crippen molar-refractivity contribution < 1.29 is 67.4 Å². The van der Waals surface area contributed by atoms with Gasteiger partial charge in [-0.05, 0) is 89.5 Å². The summed E-state index contributed by atoms with van der Waals surface area (Å²) >= 11 is 0. The van der Waals surface area contributed by atoms with Gasteiger partial charge in [0.15, 0.2) is 12.2 Å². The summed E-state index contributed by atoms with van der Waals surface area (Å²) in [6, 6.07) is 35.4. The minimum absolute atomic E-state index is 0.170. The monoisotopic (exact) mass is 920 g/mol. The van der Waals surface area contributed by atoms with E-state index in [0.717, 1.165) is 45.5 Å². The van der Waals surface area contributed by atoms with E-state index in [-0.39, 0.29) is 50.4 Å². The number of allylic oxidation sites excluding steroid dienone is 2. The number of carbonyl (C=O) groups excluding carboxylic acids is 4. The highest BCUT2D eigenvalue weighted by atomic mass is 16.6. The third-order valence-corrected chi connectivity index (χ3v) is 11.8. The standard InChI is InChI=1S/C54H48O14/c1-4-48(55)65-31-38(67-52(61)43-15-7-6-14-42(43)50(57)58)29-63-36-23-19-34(20-24-36)54(46-16-10-8-12-40(46)41-13-9-11-17-47(41)54)35-21-25-37(26-22-35)64-30-39(32-66-49(56)5-2)68-53(62)44-27-18-33(3)28-45(44)51(59)60/h4-13,16-28,38-39,42-43H,1-2,14-15,29-32H2,3H3,(H,57,58)(H,59,60). The van der Waals surface area contributed by atoms with Crippen LogP contribution in [0, 0.1) is 18.8 Å². The highest BCUT2D eigenvalue weighted by Gasteiger charge is 2.46. The molecule has 4 unspecified atom stereocenters. The van der Waals surface area contributed by atoms with Gasteiger partial charge in [0.25, 0.3) is 0 Å². The van der Waals surface area contributed by atoms with Crippen LogP contribution in [-0.4, -0.2) is 84.7 Å². The second kappa shape index (κ2) is 21.4. The third-order valence-electron chi connectivity index (χ3n) is 11.8. The number of fused-ring (bicyclic) bond motifs is 3. The van der Waals surface area contributed by atoms with Crippen LogP contribution >= 0.6 is 0 Å². The second-order valence-corrected chi connectivity index (χ2v) is 16.1. The van der Waals surface area contributed by atoms with E-state index in [2.05, 4.69) is 37.4 Å². The molecule has 0 bridgehead atoms. The molecule has 2 aliphatic rings. The normalized spacial score (nSPS) is 16.1. The Morgan fingerprint density at radius 1 is 0.618 bits per heavy atom. The summed E-state index contributed by atoms with van der Waals surface area (Å²) < 4.78 is 34.0. The quantitative estimate of drug-likeness (QED) is 0.0322. The van der Waals surface area contributed by atoms with Crippen molar-refractivity contribution in [3.05, 3.63) is 192 Å². The Balaban J connectivity index is 1.14. The Bertz CT molecular complexity index is 2710. The average Bonchev–Trinajstić information content (AvgIpc) is 3.66. The van der Waals surface area contributed by atoms with Crippen LogP contribution in [0.4, 0.5) is 0 Å². The minimum Gasteiger partial charge on any atom is -0.490 e. The summed E-state index contributed by atoms with van der Waals surface area (Å²) in [5.41, 5.74) is 5.28. The highest BCUT2D eigenvalue weighted by molar-refractivity contribution is 6.02. The van der Waals surface area contributed by atoms with Crippen molar-refractivity contribution in [1.29, 1.82) is 0 Å². The fourth-order valence-electron chi connectivity index (χ4n) is 8.53. The highest BCUT2D eigenvalue weighted by Crippen LogP contribution is 2.56. The van der Waals surface area contributed by atoms with Crippen molar-refractivity contribution in [1.82, 2.24) is 0 Å². The Morgan fingerprint density at radius 2 is 1.10 bits per heavy atom. The van der Waals surface area contributed by atoms with E-state index >= 15 is 0 Å². The van der Waals surface area contributed by atoms with E-state index in [9.17, 15) is 39.0 Å². The molecule has 0 saturated carbocycles. The number of esters is 4. The number of benzene rings is 5. The van der Waals surface area contributed by atoms with E-state index in [0.29, 0.717) is 17.1 Å². The second-order valence-electron chi connectivity index (χ2n) is 16.1. The maximum atomic E-state index is 13.3. The van der Waals surface area contributed by atoms with Crippen molar-refractivity contribution in [2.45, 2.75) is 37.4 Å². The van der Waals surface area contributed by atoms with Gasteiger partial charge in [0.2, 0.25) is 0 Å².